The minimum atomic E-state index is -0.407. The van der Waals surface area contributed by atoms with Crippen LogP contribution in [0.25, 0.3) is 6.08 Å². The van der Waals surface area contributed by atoms with Crippen LogP contribution in [0.2, 0.25) is 5.02 Å². The zero-order valence-corrected chi connectivity index (χ0v) is 20.6. The van der Waals surface area contributed by atoms with Gasteiger partial charge in [0.15, 0.2) is 5.11 Å². The van der Waals surface area contributed by atoms with Crippen molar-refractivity contribution >= 4 is 64.1 Å². The van der Waals surface area contributed by atoms with Crippen molar-refractivity contribution in [2.45, 2.75) is 19.8 Å². The van der Waals surface area contributed by atoms with Crippen LogP contribution < -0.4 is 15.5 Å². The van der Waals surface area contributed by atoms with E-state index in [-0.39, 0.29) is 10.1 Å². The summed E-state index contributed by atoms with van der Waals surface area (Å²) in [5.41, 5.74) is 3.59. The Morgan fingerprint density at radius 1 is 0.971 bits per heavy atom. The molecule has 0 saturated carbocycles. The number of nitrogens with zero attached hydrogens (tertiary/aromatic N) is 1. The highest BCUT2D eigenvalue weighted by atomic mass is 35.5. The number of halogens is 1. The summed E-state index contributed by atoms with van der Waals surface area (Å²) in [5.74, 6) is -0.769. The van der Waals surface area contributed by atoms with Gasteiger partial charge in [-0.1, -0.05) is 61.8 Å². The van der Waals surface area contributed by atoms with Crippen molar-refractivity contribution < 1.29 is 14.4 Å². The van der Waals surface area contributed by atoms with Gasteiger partial charge in [0.1, 0.15) is 0 Å². The van der Waals surface area contributed by atoms with Crippen LogP contribution in [-0.4, -0.2) is 22.8 Å². The fraction of sp³-hybridized carbons (Fsp3) is 0.111. The first-order valence-electron chi connectivity index (χ1n) is 10.9. The Balaban J connectivity index is 1.38. The van der Waals surface area contributed by atoms with E-state index in [1.54, 1.807) is 42.5 Å². The summed E-state index contributed by atoms with van der Waals surface area (Å²) >= 11 is 11.6. The number of fused-ring (bicyclic) bond motifs is 1. The number of benzene rings is 3. The number of rotatable bonds is 5. The molecule has 1 heterocycles. The third-order valence-electron chi connectivity index (χ3n) is 5.52. The van der Waals surface area contributed by atoms with Gasteiger partial charge >= 0.3 is 0 Å². The molecule has 0 aromatic heterocycles. The molecular formula is C27H22ClN3O3S. The Morgan fingerprint density at radius 2 is 1.60 bits per heavy atom. The molecule has 0 spiro atoms. The van der Waals surface area contributed by atoms with Crippen LogP contribution in [0.5, 0.6) is 0 Å². The molecule has 0 fully saturated rings. The zero-order chi connectivity index (χ0) is 25.1. The monoisotopic (exact) mass is 503 g/mol. The molecule has 0 atom stereocenters. The van der Waals surface area contributed by atoms with Crippen LogP contribution in [0.4, 0.5) is 11.4 Å². The second-order valence-corrected chi connectivity index (χ2v) is 9.07. The number of hydrogen-bond donors (Lipinski definition) is 2. The molecule has 1 aliphatic rings. The van der Waals surface area contributed by atoms with Crippen LogP contribution in [0, 0.1) is 0 Å². The van der Waals surface area contributed by atoms with Crippen LogP contribution in [0.15, 0.2) is 72.8 Å². The van der Waals surface area contributed by atoms with Crippen LogP contribution in [0.3, 0.4) is 0 Å². The molecule has 0 unspecified atom stereocenters. The zero-order valence-electron chi connectivity index (χ0n) is 19.0. The van der Waals surface area contributed by atoms with Gasteiger partial charge in [-0.3, -0.25) is 19.7 Å². The van der Waals surface area contributed by atoms with E-state index in [0.717, 1.165) is 10.5 Å². The molecule has 4 rings (SSSR count). The number of anilines is 2. The molecule has 35 heavy (non-hydrogen) atoms. The van der Waals surface area contributed by atoms with Crippen molar-refractivity contribution in [2.75, 3.05) is 10.2 Å². The number of carbonyl (C=O) groups is 3. The molecule has 0 bridgehead atoms. The van der Waals surface area contributed by atoms with Crippen molar-refractivity contribution in [3.8, 4) is 0 Å². The van der Waals surface area contributed by atoms with Gasteiger partial charge < -0.3 is 5.32 Å². The van der Waals surface area contributed by atoms with E-state index in [1.807, 2.05) is 24.3 Å². The maximum atomic E-state index is 12.7. The van der Waals surface area contributed by atoms with Gasteiger partial charge in [-0.15, -0.1) is 0 Å². The van der Waals surface area contributed by atoms with Crippen molar-refractivity contribution in [2.24, 2.45) is 0 Å². The summed E-state index contributed by atoms with van der Waals surface area (Å²) in [6, 6.07) is 19.3. The molecule has 3 aromatic rings. The highest BCUT2D eigenvalue weighted by Gasteiger charge is 2.36. The molecule has 8 heteroatoms. The molecule has 2 N–H and O–H groups in total. The fourth-order valence-corrected chi connectivity index (χ4v) is 4.07. The largest absolute Gasteiger partial charge is 0.331 e. The third kappa shape index (κ3) is 5.31. The van der Waals surface area contributed by atoms with Gasteiger partial charge in [0.05, 0.1) is 27.5 Å². The van der Waals surface area contributed by atoms with Gasteiger partial charge in [0.2, 0.25) is 5.91 Å². The summed E-state index contributed by atoms with van der Waals surface area (Å²) in [7, 11) is 0. The standard InChI is InChI=1S/C27H22ClN3O3S/c1-16(2)18-10-7-17(8-11-18)9-14-24(32)30-27(35)29-23-13-12-19(15-22(23)28)31-25(33)20-5-3-4-6-21(20)26(31)34/h3-16H,1-2H3,(H2,29,30,32,35). The van der Waals surface area contributed by atoms with Crippen molar-refractivity contribution in [1.29, 1.82) is 0 Å². The first kappa shape index (κ1) is 24.3. The minimum Gasteiger partial charge on any atom is -0.331 e. The second-order valence-electron chi connectivity index (χ2n) is 8.25. The van der Waals surface area contributed by atoms with Gasteiger partial charge in [-0.05, 0) is 65.7 Å². The number of imide groups is 1. The highest BCUT2D eigenvalue weighted by Crippen LogP contribution is 2.32. The molecule has 176 valence electrons. The predicted molar refractivity (Wildman–Crippen MR) is 143 cm³/mol. The van der Waals surface area contributed by atoms with Crippen LogP contribution in [-0.2, 0) is 4.79 Å². The summed E-state index contributed by atoms with van der Waals surface area (Å²) in [6.45, 7) is 4.24. The Hall–Kier alpha value is -3.81. The second kappa shape index (κ2) is 10.2. The number of amides is 3. The summed E-state index contributed by atoms with van der Waals surface area (Å²) < 4.78 is 0. The van der Waals surface area contributed by atoms with E-state index in [4.69, 9.17) is 23.8 Å². The highest BCUT2D eigenvalue weighted by molar-refractivity contribution is 7.80. The van der Waals surface area contributed by atoms with Gasteiger partial charge in [0, 0.05) is 6.08 Å². The van der Waals surface area contributed by atoms with Crippen LogP contribution in [0.1, 0.15) is 51.6 Å². The topological polar surface area (TPSA) is 78.5 Å². The summed E-state index contributed by atoms with van der Waals surface area (Å²) in [6.07, 6.45) is 3.09. The van der Waals surface area contributed by atoms with E-state index < -0.39 is 17.7 Å². The number of nitrogens with one attached hydrogen (secondary N) is 2. The lowest BCUT2D eigenvalue weighted by atomic mass is 10.0. The van der Waals surface area contributed by atoms with E-state index in [1.165, 1.54) is 17.7 Å². The molecule has 3 aromatic carbocycles. The average Bonchev–Trinajstić information content (AvgIpc) is 3.09. The predicted octanol–water partition coefficient (Wildman–Crippen LogP) is 5.79. The molecular weight excluding hydrogens is 482 g/mol. The summed E-state index contributed by atoms with van der Waals surface area (Å²) in [4.78, 5) is 38.7. The normalized spacial score (nSPS) is 12.9. The van der Waals surface area contributed by atoms with Gasteiger partial charge in [-0.25, -0.2) is 4.90 Å². The average molecular weight is 504 g/mol. The maximum Gasteiger partial charge on any atom is 0.266 e. The van der Waals surface area contributed by atoms with Crippen molar-refractivity contribution in [1.82, 2.24) is 5.32 Å². The number of carbonyl (C=O) groups excluding carboxylic acids is 3. The van der Waals surface area contributed by atoms with Gasteiger partial charge in [0.25, 0.3) is 11.8 Å². The third-order valence-corrected chi connectivity index (χ3v) is 6.04. The first-order valence-corrected chi connectivity index (χ1v) is 11.7. The lowest BCUT2D eigenvalue weighted by molar-refractivity contribution is -0.115. The Bertz CT molecular complexity index is 1330. The number of thiocarbonyl (C=S) groups is 1. The fourth-order valence-electron chi connectivity index (χ4n) is 3.64. The van der Waals surface area contributed by atoms with Crippen LogP contribution >= 0.6 is 23.8 Å². The molecule has 0 saturated heterocycles. The lowest BCUT2D eigenvalue weighted by Gasteiger charge is -2.16. The first-order chi connectivity index (χ1) is 16.7. The summed E-state index contributed by atoms with van der Waals surface area (Å²) in [5, 5.41) is 5.72. The smallest absolute Gasteiger partial charge is 0.266 e. The molecule has 1 aliphatic heterocycles. The van der Waals surface area contributed by atoms with Crippen molar-refractivity contribution in [3.05, 3.63) is 100 Å². The number of hydrogen-bond acceptors (Lipinski definition) is 4. The molecule has 0 aliphatic carbocycles. The maximum absolute atomic E-state index is 12.7. The van der Waals surface area contributed by atoms with E-state index in [0.29, 0.717) is 28.4 Å². The van der Waals surface area contributed by atoms with Crippen molar-refractivity contribution in [3.63, 3.8) is 0 Å². The molecule has 6 nitrogen and oxygen atoms in total. The quantitative estimate of drug-likeness (QED) is 0.262. The molecule has 3 amide bonds. The lowest BCUT2D eigenvalue weighted by Crippen LogP contribution is -2.33. The molecule has 0 radical (unpaired) electrons. The van der Waals surface area contributed by atoms with E-state index >= 15 is 0 Å². The minimum absolute atomic E-state index is 0.0604. The van der Waals surface area contributed by atoms with E-state index in [9.17, 15) is 14.4 Å². The van der Waals surface area contributed by atoms with Gasteiger partial charge in [-0.2, -0.15) is 0 Å². The Morgan fingerprint density at radius 3 is 2.17 bits per heavy atom. The Kier molecular flexibility index (Phi) is 7.10. The van der Waals surface area contributed by atoms with E-state index in [2.05, 4.69) is 24.5 Å². The Labute approximate surface area is 213 Å². The SMILES string of the molecule is CC(C)c1ccc(C=CC(=O)NC(=S)Nc2ccc(N3C(=O)c4ccccc4C3=O)cc2Cl)cc1.